The average Bonchev–Trinajstić information content (AvgIpc) is 2.93. The number of hydrogen-bond acceptors (Lipinski definition) is 4. The van der Waals surface area contributed by atoms with Crippen LogP contribution in [0.25, 0.3) is 22.3 Å². The number of quaternary nitrogens is 2. The van der Waals surface area contributed by atoms with Crippen LogP contribution in [0, 0.1) is 0 Å². The molecule has 0 aliphatic heterocycles. The SMILES string of the molecule is CCOCC[N+](C)(C)CC(=O)c1ccc(-c2ccc(-c3ccc(C(=O)C[N+](C)(C)CCOCC)cc3)cc2)cc1.[Br-].[Br-]. The highest BCUT2D eigenvalue weighted by Gasteiger charge is 2.22. The number of hydrogen-bond donors (Lipinski definition) is 0. The molecule has 0 radical (unpaired) electrons. The van der Waals surface area contributed by atoms with E-state index in [9.17, 15) is 9.59 Å². The second-order valence-electron chi connectivity index (χ2n) is 11.6. The first-order chi connectivity index (χ1) is 19.0. The number of halogens is 2. The fourth-order valence-electron chi connectivity index (χ4n) is 4.58. The van der Waals surface area contributed by atoms with Crippen LogP contribution in [0.2, 0.25) is 0 Å². The molecule has 3 aromatic rings. The maximum atomic E-state index is 12.8. The number of carbonyl (C=O) groups excluding carboxylic acids is 2. The number of carbonyl (C=O) groups is 2. The zero-order valence-corrected chi connectivity index (χ0v) is 29.0. The van der Waals surface area contributed by atoms with Gasteiger partial charge < -0.3 is 52.4 Å². The van der Waals surface area contributed by atoms with Gasteiger partial charge in [-0.05, 0) is 36.1 Å². The van der Waals surface area contributed by atoms with Gasteiger partial charge in [0, 0.05) is 24.3 Å². The Hall–Kier alpha value is -2.20. The number of benzene rings is 3. The Bertz CT molecular complexity index is 1140. The lowest BCUT2D eigenvalue weighted by Gasteiger charge is -2.28. The van der Waals surface area contributed by atoms with E-state index in [2.05, 4.69) is 52.5 Å². The molecular weight excluding hydrogens is 660 g/mol. The van der Waals surface area contributed by atoms with E-state index in [1.807, 2.05) is 62.4 Å². The van der Waals surface area contributed by atoms with Gasteiger partial charge in [-0.15, -0.1) is 0 Å². The van der Waals surface area contributed by atoms with Gasteiger partial charge >= 0.3 is 0 Å². The Balaban J connectivity index is 0.00000441. The van der Waals surface area contributed by atoms with Gasteiger partial charge in [0.25, 0.3) is 0 Å². The molecule has 230 valence electrons. The van der Waals surface area contributed by atoms with Gasteiger partial charge in [-0.25, -0.2) is 0 Å². The minimum Gasteiger partial charge on any atom is -1.00 e. The van der Waals surface area contributed by atoms with Crippen LogP contribution in [0.3, 0.4) is 0 Å². The Labute approximate surface area is 273 Å². The molecule has 0 fully saturated rings. The van der Waals surface area contributed by atoms with Crippen molar-refractivity contribution in [1.29, 1.82) is 0 Å². The smallest absolute Gasteiger partial charge is 0.216 e. The highest BCUT2D eigenvalue weighted by molar-refractivity contribution is 5.98. The minimum atomic E-state index is 0. The summed E-state index contributed by atoms with van der Waals surface area (Å²) in [7, 11) is 8.24. The molecule has 3 rings (SSSR count). The van der Waals surface area contributed by atoms with Crippen LogP contribution >= 0.6 is 0 Å². The van der Waals surface area contributed by atoms with Crippen molar-refractivity contribution in [3.63, 3.8) is 0 Å². The summed E-state index contributed by atoms with van der Waals surface area (Å²) >= 11 is 0. The molecule has 42 heavy (non-hydrogen) atoms. The minimum absolute atomic E-state index is 0. The van der Waals surface area contributed by atoms with E-state index in [0.717, 1.165) is 46.5 Å². The van der Waals surface area contributed by atoms with Crippen LogP contribution in [0.5, 0.6) is 0 Å². The Morgan fingerprint density at radius 3 is 1.05 bits per heavy atom. The summed E-state index contributed by atoms with van der Waals surface area (Å²) in [4.78, 5) is 25.7. The van der Waals surface area contributed by atoms with E-state index in [1.165, 1.54) is 0 Å². The summed E-state index contributed by atoms with van der Waals surface area (Å²) in [6.07, 6.45) is 0. The molecule has 0 unspecified atom stereocenters. The van der Waals surface area contributed by atoms with Crippen molar-refractivity contribution in [3.8, 4) is 22.3 Å². The van der Waals surface area contributed by atoms with Crippen molar-refractivity contribution < 1.29 is 62.0 Å². The first-order valence-electron chi connectivity index (χ1n) is 14.2. The highest BCUT2D eigenvalue weighted by atomic mass is 79.9. The first kappa shape index (κ1) is 37.8. The van der Waals surface area contributed by atoms with E-state index in [-0.39, 0.29) is 45.5 Å². The first-order valence-corrected chi connectivity index (χ1v) is 14.2. The lowest BCUT2D eigenvalue weighted by molar-refractivity contribution is -0.882. The van der Waals surface area contributed by atoms with Gasteiger partial charge in [-0.3, -0.25) is 9.59 Å². The summed E-state index contributed by atoms with van der Waals surface area (Å²) in [6, 6.07) is 24.1. The molecule has 0 saturated carbocycles. The Kier molecular flexibility index (Phi) is 16.0. The second kappa shape index (κ2) is 17.8. The van der Waals surface area contributed by atoms with Crippen LogP contribution < -0.4 is 34.0 Å². The van der Waals surface area contributed by atoms with Crippen molar-refractivity contribution in [2.45, 2.75) is 13.8 Å². The monoisotopic (exact) mass is 704 g/mol. The van der Waals surface area contributed by atoms with E-state index >= 15 is 0 Å². The van der Waals surface area contributed by atoms with Gasteiger partial charge in [0.1, 0.15) is 26.2 Å². The van der Waals surface area contributed by atoms with Crippen LogP contribution in [0.15, 0.2) is 72.8 Å². The number of nitrogens with zero attached hydrogens (tertiary/aromatic N) is 2. The topological polar surface area (TPSA) is 52.6 Å². The van der Waals surface area contributed by atoms with E-state index in [1.54, 1.807) is 0 Å². The van der Waals surface area contributed by atoms with Crippen molar-refractivity contribution in [3.05, 3.63) is 83.9 Å². The standard InChI is InChI=1S/C34H46N2O4.2BrH/c1-7-39-23-21-35(3,4)25-33(37)31-17-13-29(14-18-31)27-9-11-28(12-10-27)30-15-19-32(20-16-30)34(38)26-36(5,6)22-24-40-8-2;;/h9-20H,7-8,21-26H2,1-6H3;2*1H/q+2;;/p-2. The fourth-order valence-corrected chi connectivity index (χ4v) is 4.58. The van der Waals surface area contributed by atoms with E-state index in [4.69, 9.17) is 9.47 Å². The van der Waals surface area contributed by atoms with E-state index in [0.29, 0.717) is 48.5 Å². The third-order valence-corrected chi connectivity index (χ3v) is 7.20. The zero-order valence-electron chi connectivity index (χ0n) is 25.9. The van der Waals surface area contributed by atoms with Gasteiger partial charge in [0.2, 0.25) is 11.6 Å². The quantitative estimate of drug-likeness (QED) is 0.116. The number of rotatable bonds is 16. The summed E-state index contributed by atoms with van der Waals surface area (Å²) in [6.45, 7) is 9.14. The molecule has 0 N–H and O–H groups in total. The van der Waals surface area contributed by atoms with Crippen LogP contribution in [-0.4, -0.2) is 101 Å². The summed E-state index contributed by atoms with van der Waals surface area (Å²) in [5.74, 6) is 0.275. The second-order valence-corrected chi connectivity index (χ2v) is 11.6. The molecule has 0 atom stereocenters. The molecule has 0 amide bonds. The molecule has 8 heteroatoms. The average molecular weight is 707 g/mol. The Morgan fingerprint density at radius 1 is 0.524 bits per heavy atom. The number of ether oxygens (including phenoxy) is 2. The third kappa shape index (κ3) is 11.8. The van der Waals surface area contributed by atoms with Gasteiger partial charge in [0.05, 0.1) is 41.4 Å². The van der Waals surface area contributed by atoms with Crippen LogP contribution in [-0.2, 0) is 9.47 Å². The summed E-state index contributed by atoms with van der Waals surface area (Å²) < 4.78 is 12.1. The molecule has 0 bridgehead atoms. The van der Waals surface area contributed by atoms with Crippen molar-refractivity contribution in [2.75, 3.05) is 80.8 Å². The van der Waals surface area contributed by atoms with Gasteiger partial charge in [-0.2, -0.15) is 0 Å². The molecule has 0 spiro atoms. The molecule has 0 aliphatic rings. The lowest BCUT2D eigenvalue weighted by atomic mass is 9.98. The number of ketones is 2. The van der Waals surface area contributed by atoms with Crippen molar-refractivity contribution >= 4 is 11.6 Å². The maximum absolute atomic E-state index is 12.8. The molecule has 6 nitrogen and oxygen atoms in total. The third-order valence-electron chi connectivity index (χ3n) is 7.20. The summed E-state index contributed by atoms with van der Waals surface area (Å²) in [5, 5.41) is 0. The zero-order chi connectivity index (χ0) is 29.2. The van der Waals surface area contributed by atoms with E-state index < -0.39 is 0 Å². The normalized spacial score (nSPS) is 11.4. The number of Topliss-reactive ketones (excluding diaryl/α,β-unsaturated/α-hetero) is 2. The fraction of sp³-hybridized carbons (Fsp3) is 0.412. The predicted molar refractivity (Wildman–Crippen MR) is 163 cm³/mol. The maximum Gasteiger partial charge on any atom is 0.216 e. The van der Waals surface area contributed by atoms with Crippen molar-refractivity contribution in [1.82, 2.24) is 0 Å². The van der Waals surface area contributed by atoms with Gasteiger partial charge in [-0.1, -0.05) is 72.8 Å². The lowest BCUT2D eigenvalue weighted by Crippen LogP contribution is -3.00. The van der Waals surface area contributed by atoms with Crippen LogP contribution in [0.1, 0.15) is 34.6 Å². The highest BCUT2D eigenvalue weighted by Crippen LogP contribution is 2.26. The molecule has 0 heterocycles. The molecule has 0 aliphatic carbocycles. The van der Waals surface area contributed by atoms with Crippen LogP contribution in [0.4, 0.5) is 0 Å². The number of likely N-dealkylation sites (N-methyl/N-ethyl adjacent to an activating group) is 2. The molecule has 3 aromatic carbocycles. The predicted octanol–water partition coefficient (Wildman–Crippen LogP) is -0.380. The molecule has 0 aromatic heterocycles. The molecular formula is C34H46Br2N2O4. The van der Waals surface area contributed by atoms with Crippen molar-refractivity contribution in [2.24, 2.45) is 0 Å². The summed E-state index contributed by atoms with van der Waals surface area (Å²) in [5.41, 5.74) is 5.78. The largest absolute Gasteiger partial charge is 1.00 e. The Morgan fingerprint density at radius 2 is 0.786 bits per heavy atom. The molecule has 0 saturated heterocycles. The van der Waals surface area contributed by atoms with Gasteiger partial charge in [0.15, 0.2) is 0 Å².